The Morgan fingerprint density at radius 2 is 1.43 bits per heavy atom. The smallest absolute Gasteiger partial charge is 0.0406 e. The van der Waals surface area contributed by atoms with E-state index in [-0.39, 0.29) is 0 Å². The van der Waals surface area contributed by atoms with Crippen LogP contribution < -0.4 is 5.73 Å². The highest BCUT2D eigenvalue weighted by atomic mass is 35.5. The molecule has 0 amide bonds. The summed E-state index contributed by atoms with van der Waals surface area (Å²) in [5.41, 5.74) is 7.75. The van der Waals surface area contributed by atoms with Crippen LogP contribution in [0.1, 0.15) is 76.2 Å². The quantitative estimate of drug-likeness (QED) is 0.701. The first-order valence-corrected chi connectivity index (χ1v) is 10.1. The van der Waals surface area contributed by atoms with Gasteiger partial charge in [-0.25, -0.2) is 0 Å². The van der Waals surface area contributed by atoms with Crippen molar-refractivity contribution in [3.8, 4) is 0 Å². The van der Waals surface area contributed by atoms with Crippen molar-refractivity contribution < 1.29 is 0 Å². The van der Waals surface area contributed by atoms with Crippen LogP contribution in [0.4, 0.5) is 0 Å². The Morgan fingerprint density at radius 3 is 1.96 bits per heavy atom. The number of hydrogen-bond acceptors (Lipinski definition) is 1. The summed E-state index contributed by atoms with van der Waals surface area (Å²) in [4.78, 5) is 0. The van der Waals surface area contributed by atoms with Crippen molar-refractivity contribution in [2.75, 3.05) is 0 Å². The average Bonchev–Trinajstić information content (AvgIpc) is 2.62. The zero-order valence-corrected chi connectivity index (χ0v) is 15.3. The monoisotopic (exact) mass is 333 g/mol. The van der Waals surface area contributed by atoms with Crippen LogP contribution in [0.3, 0.4) is 0 Å². The Bertz CT molecular complexity index is 467. The highest BCUT2D eigenvalue weighted by Crippen LogP contribution is 2.44. The maximum atomic E-state index is 6.26. The van der Waals surface area contributed by atoms with Gasteiger partial charge in [0.25, 0.3) is 0 Å². The van der Waals surface area contributed by atoms with Gasteiger partial charge in [0.05, 0.1) is 0 Å². The third kappa shape index (κ3) is 4.31. The lowest BCUT2D eigenvalue weighted by Gasteiger charge is -2.39. The summed E-state index contributed by atoms with van der Waals surface area (Å²) in [5, 5.41) is 0.851. The summed E-state index contributed by atoms with van der Waals surface area (Å²) in [6.45, 7) is 2.23. The van der Waals surface area contributed by atoms with Gasteiger partial charge in [-0.3, -0.25) is 0 Å². The van der Waals surface area contributed by atoms with Crippen LogP contribution >= 0.6 is 11.6 Å². The molecule has 2 N–H and O–H groups in total. The van der Waals surface area contributed by atoms with Crippen molar-refractivity contribution >= 4 is 11.6 Å². The van der Waals surface area contributed by atoms with E-state index in [1.807, 2.05) is 12.1 Å². The van der Waals surface area contributed by atoms with Gasteiger partial charge < -0.3 is 5.73 Å². The molecule has 128 valence electrons. The maximum absolute atomic E-state index is 6.26. The van der Waals surface area contributed by atoms with Crippen LogP contribution in [0.5, 0.6) is 0 Å². The highest BCUT2D eigenvalue weighted by molar-refractivity contribution is 6.30. The summed E-state index contributed by atoms with van der Waals surface area (Å²) in [6, 6.07) is 8.98. The van der Waals surface area contributed by atoms with Crippen molar-refractivity contribution in [3.05, 3.63) is 34.9 Å². The molecule has 0 bridgehead atoms. The highest BCUT2D eigenvalue weighted by Gasteiger charge is 2.32. The van der Waals surface area contributed by atoms with Gasteiger partial charge in [-0.05, 0) is 99.2 Å². The first kappa shape index (κ1) is 17.3. The second-order valence-corrected chi connectivity index (χ2v) is 8.35. The average molecular weight is 334 g/mol. The number of hydrogen-bond donors (Lipinski definition) is 1. The molecule has 2 fully saturated rings. The van der Waals surface area contributed by atoms with Gasteiger partial charge in [0, 0.05) is 11.1 Å². The zero-order chi connectivity index (χ0) is 16.2. The predicted octanol–water partition coefficient (Wildman–Crippen LogP) is 6.16. The molecule has 1 nitrogen and oxygen atoms in total. The van der Waals surface area contributed by atoms with Crippen LogP contribution in [-0.4, -0.2) is 6.04 Å². The fourth-order valence-electron chi connectivity index (χ4n) is 5.04. The fourth-order valence-corrected chi connectivity index (χ4v) is 5.16. The third-order valence-electron chi connectivity index (χ3n) is 6.67. The molecule has 1 unspecified atom stereocenters. The van der Waals surface area contributed by atoms with Crippen molar-refractivity contribution in [3.63, 3.8) is 0 Å². The Kier molecular flexibility index (Phi) is 6.04. The Labute approximate surface area is 147 Å². The van der Waals surface area contributed by atoms with E-state index in [9.17, 15) is 0 Å². The molecule has 2 saturated carbocycles. The lowest BCUT2D eigenvalue weighted by Crippen LogP contribution is -2.34. The standard InChI is InChI=1S/C21H32ClN/c1-2-21(23)19-9-7-17(8-10-19)15-3-5-16(6-4-15)18-11-13-20(22)14-12-18/h11-17,19,21H,2-10,23H2,1H3. The van der Waals surface area contributed by atoms with E-state index in [2.05, 4.69) is 19.1 Å². The second-order valence-electron chi connectivity index (χ2n) is 7.91. The lowest BCUT2D eigenvalue weighted by atomic mass is 9.67. The largest absolute Gasteiger partial charge is 0.327 e. The van der Waals surface area contributed by atoms with Crippen LogP contribution in [0.25, 0.3) is 0 Å². The number of nitrogens with two attached hydrogens (primary N) is 1. The third-order valence-corrected chi connectivity index (χ3v) is 6.93. The molecule has 0 aromatic heterocycles. The first-order valence-electron chi connectivity index (χ1n) is 9.68. The van der Waals surface area contributed by atoms with Crippen molar-refractivity contribution in [2.45, 2.75) is 76.7 Å². The van der Waals surface area contributed by atoms with E-state index in [1.165, 1.54) is 56.9 Å². The molecule has 23 heavy (non-hydrogen) atoms. The lowest BCUT2D eigenvalue weighted by molar-refractivity contribution is 0.149. The minimum Gasteiger partial charge on any atom is -0.327 e. The molecule has 1 aromatic rings. The van der Waals surface area contributed by atoms with Gasteiger partial charge in [0.1, 0.15) is 0 Å². The van der Waals surface area contributed by atoms with E-state index in [4.69, 9.17) is 17.3 Å². The minimum atomic E-state index is 0.441. The van der Waals surface area contributed by atoms with E-state index >= 15 is 0 Å². The molecular weight excluding hydrogens is 302 g/mol. The minimum absolute atomic E-state index is 0.441. The van der Waals surface area contributed by atoms with E-state index < -0.39 is 0 Å². The molecule has 0 radical (unpaired) electrons. The van der Waals surface area contributed by atoms with Gasteiger partial charge in [-0.2, -0.15) is 0 Å². The molecule has 0 heterocycles. The first-order chi connectivity index (χ1) is 11.2. The van der Waals surface area contributed by atoms with Crippen LogP contribution in [0.2, 0.25) is 5.02 Å². The molecule has 2 aliphatic carbocycles. The van der Waals surface area contributed by atoms with Crippen LogP contribution in [0.15, 0.2) is 24.3 Å². The van der Waals surface area contributed by atoms with E-state index in [0.717, 1.165) is 35.1 Å². The van der Waals surface area contributed by atoms with E-state index in [0.29, 0.717) is 6.04 Å². The van der Waals surface area contributed by atoms with Gasteiger partial charge in [0.15, 0.2) is 0 Å². The molecule has 2 heteroatoms. The number of halogens is 1. The Morgan fingerprint density at radius 1 is 0.913 bits per heavy atom. The summed E-state index contributed by atoms with van der Waals surface area (Å²) in [6.07, 6.45) is 12.3. The summed E-state index contributed by atoms with van der Waals surface area (Å²) < 4.78 is 0. The SMILES string of the molecule is CCC(N)C1CCC(C2CCC(c3ccc(Cl)cc3)CC2)CC1. The molecule has 1 aromatic carbocycles. The normalized spacial score (nSPS) is 33.3. The fraction of sp³-hybridized carbons (Fsp3) is 0.714. The predicted molar refractivity (Wildman–Crippen MR) is 99.9 cm³/mol. The summed E-state index contributed by atoms with van der Waals surface area (Å²) >= 11 is 6.01. The molecule has 3 rings (SSSR count). The van der Waals surface area contributed by atoms with Gasteiger partial charge in [-0.15, -0.1) is 0 Å². The maximum Gasteiger partial charge on any atom is 0.0406 e. The molecule has 0 aliphatic heterocycles. The number of benzene rings is 1. The topological polar surface area (TPSA) is 26.0 Å². The van der Waals surface area contributed by atoms with Gasteiger partial charge in [-0.1, -0.05) is 30.7 Å². The van der Waals surface area contributed by atoms with Crippen molar-refractivity contribution in [2.24, 2.45) is 23.5 Å². The van der Waals surface area contributed by atoms with Crippen molar-refractivity contribution in [1.82, 2.24) is 0 Å². The zero-order valence-electron chi connectivity index (χ0n) is 14.5. The summed E-state index contributed by atoms with van der Waals surface area (Å²) in [5.74, 6) is 3.49. The Hall–Kier alpha value is -0.530. The van der Waals surface area contributed by atoms with Gasteiger partial charge in [0.2, 0.25) is 0 Å². The molecule has 0 saturated heterocycles. The molecule has 1 atom stereocenters. The second kappa shape index (κ2) is 8.03. The van der Waals surface area contributed by atoms with Crippen LogP contribution in [-0.2, 0) is 0 Å². The van der Waals surface area contributed by atoms with Gasteiger partial charge >= 0.3 is 0 Å². The van der Waals surface area contributed by atoms with Crippen LogP contribution in [0, 0.1) is 17.8 Å². The molecular formula is C21H32ClN. The molecule has 2 aliphatic rings. The summed E-state index contributed by atoms with van der Waals surface area (Å²) in [7, 11) is 0. The number of rotatable bonds is 4. The Balaban J connectivity index is 1.47. The van der Waals surface area contributed by atoms with E-state index in [1.54, 1.807) is 0 Å². The van der Waals surface area contributed by atoms with Crippen molar-refractivity contribution in [1.29, 1.82) is 0 Å². The molecule has 0 spiro atoms.